The van der Waals surface area contributed by atoms with Gasteiger partial charge in [-0.15, -0.1) is 0 Å². The third-order valence-electron chi connectivity index (χ3n) is 2.48. The summed E-state index contributed by atoms with van der Waals surface area (Å²) in [6.07, 6.45) is 1.73. The SMILES string of the molecule is ONc1ccc(F)cc1O[C@@H]1CCCOC1. The zero-order valence-electron chi connectivity index (χ0n) is 8.78. The van der Waals surface area contributed by atoms with Gasteiger partial charge in [-0.2, -0.15) is 0 Å². The highest BCUT2D eigenvalue weighted by molar-refractivity contribution is 5.54. The van der Waals surface area contributed by atoms with E-state index in [0.29, 0.717) is 18.0 Å². The van der Waals surface area contributed by atoms with E-state index >= 15 is 0 Å². The first-order valence-corrected chi connectivity index (χ1v) is 5.23. The summed E-state index contributed by atoms with van der Waals surface area (Å²) in [5, 5.41) is 8.86. The molecule has 0 spiro atoms. The Bertz CT molecular complexity index is 353. The van der Waals surface area contributed by atoms with Crippen molar-refractivity contribution in [2.45, 2.75) is 18.9 Å². The topological polar surface area (TPSA) is 50.7 Å². The molecule has 0 aliphatic carbocycles. The molecule has 1 saturated heterocycles. The molecule has 16 heavy (non-hydrogen) atoms. The maximum absolute atomic E-state index is 13.0. The molecule has 1 aliphatic heterocycles. The lowest BCUT2D eigenvalue weighted by Crippen LogP contribution is -2.28. The molecule has 0 radical (unpaired) electrons. The number of nitrogens with one attached hydrogen (secondary N) is 1. The van der Waals surface area contributed by atoms with Crippen molar-refractivity contribution in [3.05, 3.63) is 24.0 Å². The third-order valence-corrected chi connectivity index (χ3v) is 2.48. The van der Waals surface area contributed by atoms with Gasteiger partial charge in [0.15, 0.2) is 0 Å². The van der Waals surface area contributed by atoms with Gasteiger partial charge in [0.05, 0.1) is 6.61 Å². The summed E-state index contributed by atoms with van der Waals surface area (Å²) in [6, 6.07) is 3.92. The van der Waals surface area contributed by atoms with Gasteiger partial charge in [-0.25, -0.2) is 4.39 Å². The van der Waals surface area contributed by atoms with E-state index in [9.17, 15) is 4.39 Å². The van der Waals surface area contributed by atoms with E-state index in [-0.39, 0.29) is 6.10 Å². The van der Waals surface area contributed by atoms with Crippen LogP contribution in [-0.4, -0.2) is 24.5 Å². The summed E-state index contributed by atoms with van der Waals surface area (Å²) in [4.78, 5) is 0. The van der Waals surface area contributed by atoms with Gasteiger partial charge in [0.25, 0.3) is 0 Å². The van der Waals surface area contributed by atoms with E-state index < -0.39 is 5.82 Å². The van der Waals surface area contributed by atoms with Crippen molar-refractivity contribution in [2.24, 2.45) is 0 Å². The Morgan fingerprint density at radius 3 is 3.06 bits per heavy atom. The Morgan fingerprint density at radius 1 is 1.50 bits per heavy atom. The first kappa shape index (κ1) is 11.2. The summed E-state index contributed by atoms with van der Waals surface area (Å²) in [5.41, 5.74) is 2.33. The monoisotopic (exact) mass is 227 g/mol. The molecule has 0 aromatic heterocycles. The second-order valence-corrected chi connectivity index (χ2v) is 3.71. The van der Waals surface area contributed by atoms with Gasteiger partial charge in [-0.3, -0.25) is 10.7 Å². The van der Waals surface area contributed by atoms with Crippen LogP contribution in [0, 0.1) is 5.82 Å². The van der Waals surface area contributed by atoms with Crippen LogP contribution >= 0.6 is 0 Å². The second-order valence-electron chi connectivity index (χ2n) is 3.71. The zero-order valence-corrected chi connectivity index (χ0v) is 8.78. The summed E-state index contributed by atoms with van der Waals surface area (Å²) in [5.74, 6) is -0.0938. The maximum atomic E-state index is 13.0. The van der Waals surface area contributed by atoms with Crippen molar-refractivity contribution in [2.75, 3.05) is 18.7 Å². The highest BCUT2D eigenvalue weighted by Crippen LogP contribution is 2.27. The summed E-state index contributed by atoms with van der Waals surface area (Å²) >= 11 is 0. The Balaban J connectivity index is 2.09. The minimum absolute atomic E-state index is 0.0809. The minimum Gasteiger partial charge on any atom is -0.486 e. The van der Waals surface area contributed by atoms with Gasteiger partial charge in [-0.05, 0) is 25.0 Å². The molecule has 2 N–H and O–H groups in total. The molecule has 1 aliphatic rings. The maximum Gasteiger partial charge on any atom is 0.148 e. The van der Waals surface area contributed by atoms with Gasteiger partial charge in [0, 0.05) is 12.7 Å². The largest absolute Gasteiger partial charge is 0.486 e. The third kappa shape index (κ3) is 2.62. The fraction of sp³-hybridized carbons (Fsp3) is 0.455. The number of ether oxygens (including phenoxy) is 2. The van der Waals surface area contributed by atoms with Crippen molar-refractivity contribution >= 4 is 5.69 Å². The predicted octanol–water partition coefficient (Wildman–Crippen LogP) is 2.18. The fourth-order valence-corrected chi connectivity index (χ4v) is 1.67. The molecule has 0 unspecified atom stereocenters. The van der Waals surface area contributed by atoms with Crippen LogP contribution in [0.2, 0.25) is 0 Å². The van der Waals surface area contributed by atoms with Crippen LogP contribution in [0.25, 0.3) is 0 Å². The van der Waals surface area contributed by atoms with Crippen LogP contribution < -0.4 is 10.2 Å². The first-order chi connectivity index (χ1) is 7.79. The molecule has 1 atom stereocenters. The minimum atomic E-state index is -0.397. The molecular weight excluding hydrogens is 213 g/mol. The Kier molecular flexibility index (Phi) is 3.58. The predicted molar refractivity (Wildman–Crippen MR) is 56.3 cm³/mol. The standard InChI is InChI=1S/C11H14FNO3/c12-8-3-4-10(13-14)11(6-8)16-9-2-1-5-15-7-9/h3-4,6,9,13-14H,1-2,5,7H2/t9-/m1/s1. The van der Waals surface area contributed by atoms with E-state index in [0.717, 1.165) is 19.4 Å². The molecule has 88 valence electrons. The molecule has 1 heterocycles. The average molecular weight is 227 g/mol. The van der Waals surface area contributed by atoms with E-state index in [2.05, 4.69) is 0 Å². The lowest BCUT2D eigenvalue weighted by molar-refractivity contribution is 0.00746. The summed E-state index contributed by atoms with van der Waals surface area (Å²) in [7, 11) is 0. The van der Waals surface area contributed by atoms with Crippen molar-refractivity contribution in [3.63, 3.8) is 0 Å². The van der Waals surface area contributed by atoms with Crippen molar-refractivity contribution < 1.29 is 19.1 Å². The number of rotatable bonds is 3. The molecule has 5 heteroatoms. The van der Waals surface area contributed by atoms with Gasteiger partial charge in [-0.1, -0.05) is 0 Å². The second kappa shape index (κ2) is 5.14. The van der Waals surface area contributed by atoms with Crippen LogP contribution in [0.5, 0.6) is 5.75 Å². The fourth-order valence-electron chi connectivity index (χ4n) is 1.67. The Morgan fingerprint density at radius 2 is 2.38 bits per heavy atom. The highest BCUT2D eigenvalue weighted by atomic mass is 19.1. The van der Waals surface area contributed by atoms with E-state index in [1.165, 1.54) is 18.2 Å². The molecule has 0 saturated carbocycles. The molecular formula is C11H14FNO3. The molecule has 1 aromatic rings. The lowest BCUT2D eigenvalue weighted by atomic mass is 10.2. The van der Waals surface area contributed by atoms with Crippen LogP contribution in [0.3, 0.4) is 0 Å². The number of hydrogen-bond acceptors (Lipinski definition) is 4. The van der Waals surface area contributed by atoms with Crippen molar-refractivity contribution in [1.82, 2.24) is 0 Å². The quantitative estimate of drug-likeness (QED) is 0.777. The Hall–Kier alpha value is -1.33. The van der Waals surface area contributed by atoms with E-state index in [4.69, 9.17) is 14.7 Å². The molecule has 0 bridgehead atoms. The van der Waals surface area contributed by atoms with Crippen LogP contribution in [-0.2, 0) is 4.74 Å². The number of halogens is 1. The number of benzene rings is 1. The van der Waals surface area contributed by atoms with Gasteiger partial charge < -0.3 is 9.47 Å². The lowest BCUT2D eigenvalue weighted by Gasteiger charge is -2.24. The molecule has 0 amide bonds. The normalized spacial score (nSPS) is 20.5. The molecule has 4 nitrogen and oxygen atoms in total. The zero-order chi connectivity index (χ0) is 11.4. The van der Waals surface area contributed by atoms with E-state index in [1.807, 2.05) is 5.48 Å². The van der Waals surface area contributed by atoms with Gasteiger partial charge in [0.2, 0.25) is 0 Å². The highest BCUT2D eigenvalue weighted by Gasteiger charge is 2.17. The molecule has 2 rings (SSSR count). The first-order valence-electron chi connectivity index (χ1n) is 5.23. The van der Waals surface area contributed by atoms with Gasteiger partial charge in [0.1, 0.15) is 23.4 Å². The van der Waals surface area contributed by atoms with Crippen LogP contribution in [0.4, 0.5) is 10.1 Å². The smallest absolute Gasteiger partial charge is 0.148 e. The van der Waals surface area contributed by atoms with Crippen molar-refractivity contribution in [3.8, 4) is 5.75 Å². The average Bonchev–Trinajstić information content (AvgIpc) is 2.31. The summed E-state index contributed by atoms with van der Waals surface area (Å²) in [6.45, 7) is 1.25. The van der Waals surface area contributed by atoms with E-state index in [1.54, 1.807) is 0 Å². The number of anilines is 1. The molecule has 1 aromatic carbocycles. The number of hydrogen-bond donors (Lipinski definition) is 2. The molecule has 1 fully saturated rings. The van der Waals surface area contributed by atoms with Crippen molar-refractivity contribution in [1.29, 1.82) is 0 Å². The van der Waals surface area contributed by atoms with Gasteiger partial charge >= 0.3 is 0 Å². The van der Waals surface area contributed by atoms with Crippen LogP contribution in [0.15, 0.2) is 18.2 Å². The Labute approximate surface area is 92.9 Å². The van der Waals surface area contributed by atoms with Crippen LogP contribution in [0.1, 0.15) is 12.8 Å². The summed E-state index contributed by atoms with van der Waals surface area (Å²) < 4.78 is 23.8.